The van der Waals surface area contributed by atoms with Crippen LogP contribution in [0, 0.1) is 6.92 Å². The molecule has 22 heavy (non-hydrogen) atoms. The van der Waals surface area contributed by atoms with Gasteiger partial charge in [0.15, 0.2) is 0 Å². The number of benzene rings is 1. The maximum absolute atomic E-state index is 12.2. The maximum atomic E-state index is 12.2. The molecule has 0 aromatic heterocycles. The molecule has 0 radical (unpaired) electrons. The Hall–Kier alpha value is -1.88. The lowest BCUT2D eigenvalue weighted by molar-refractivity contribution is -0.131. The van der Waals surface area contributed by atoms with Crippen molar-refractivity contribution in [1.29, 1.82) is 0 Å². The van der Waals surface area contributed by atoms with Crippen LogP contribution in [0.2, 0.25) is 0 Å². The molecule has 2 fully saturated rings. The second kappa shape index (κ2) is 6.08. The largest absolute Gasteiger partial charge is 0.354 e. The standard InChI is InChI=1S/C17H23N3O2/c1-13-4-2-5-14(10-13)11-19-15(21)12-20-9-3-6-17(20)7-8-18-16(17)22/h2,4-5,10H,3,6-9,11-12H2,1H3,(H,18,22)(H,19,21)/t17-/m0/s1. The van der Waals surface area contributed by atoms with E-state index in [1.54, 1.807) is 0 Å². The van der Waals surface area contributed by atoms with Crippen LogP contribution in [0.5, 0.6) is 0 Å². The molecule has 3 rings (SSSR count). The van der Waals surface area contributed by atoms with Crippen molar-refractivity contribution >= 4 is 11.8 Å². The fourth-order valence-corrected chi connectivity index (χ4v) is 3.62. The minimum absolute atomic E-state index is 0.0116. The van der Waals surface area contributed by atoms with Gasteiger partial charge in [0.25, 0.3) is 0 Å². The van der Waals surface area contributed by atoms with Gasteiger partial charge in [0.2, 0.25) is 11.8 Å². The summed E-state index contributed by atoms with van der Waals surface area (Å²) >= 11 is 0. The Balaban J connectivity index is 1.56. The average Bonchev–Trinajstić information content (AvgIpc) is 3.06. The molecule has 5 nitrogen and oxygen atoms in total. The smallest absolute Gasteiger partial charge is 0.240 e. The highest BCUT2D eigenvalue weighted by Gasteiger charge is 2.50. The first-order chi connectivity index (χ1) is 10.6. The summed E-state index contributed by atoms with van der Waals surface area (Å²) in [7, 11) is 0. The lowest BCUT2D eigenvalue weighted by Gasteiger charge is -2.31. The number of nitrogens with zero attached hydrogens (tertiary/aromatic N) is 1. The van der Waals surface area contributed by atoms with E-state index in [2.05, 4.69) is 21.6 Å². The number of carbonyl (C=O) groups excluding carboxylic acids is 2. The predicted molar refractivity (Wildman–Crippen MR) is 84.2 cm³/mol. The Morgan fingerprint density at radius 3 is 3.00 bits per heavy atom. The first-order valence-electron chi connectivity index (χ1n) is 7.96. The summed E-state index contributed by atoms with van der Waals surface area (Å²) in [5.41, 5.74) is 1.86. The van der Waals surface area contributed by atoms with Gasteiger partial charge < -0.3 is 10.6 Å². The van der Waals surface area contributed by atoms with Gasteiger partial charge in [0.1, 0.15) is 5.54 Å². The van der Waals surface area contributed by atoms with Crippen molar-refractivity contribution in [2.24, 2.45) is 0 Å². The molecule has 2 saturated heterocycles. The Labute approximate surface area is 131 Å². The Bertz CT molecular complexity index is 583. The van der Waals surface area contributed by atoms with Crippen LogP contribution >= 0.6 is 0 Å². The summed E-state index contributed by atoms with van der Waals surface area (Å²) in [5, 5.41) is 5.87. The molecule has 2 N–H and O–H groups in total. The number of hydrogen-bond acceptors (Lipinski definition) is 3. The van der Waals surface area contributed by atoms with E-state index in [0.29, 0.717) is 13.1 Å². The first kappa shape index (κ1) is 15.0. The fourth-order valence-electron chi connectivity index (χ4n) is 3.62. The zero-order valence-corrected chi connectivity index (χ0v) is 13.0. The highest BCUT2D eigenvalue weighted by atomic mass is 16.2. The van der Waals surface area contributed by atoms with Crippen LogP contribution < -0.4 is 10.6 Å². The third-order valence-corrected chi connectivity index (χ3v) is 4.78. The van der Waals surface area contributed by atoms with E-state index in [-0.39, 0.29) is 11.8 Å². The van der Waals surface area contributed by atoms with Crippen LogP contribution in [0.4, 0.5) is 0 Å². The van der Waals surface area contributed by atoms with Gasteiger partial charge in [-0.1, -0.05) is 29.8 Å². The van der Waals surface area contributed by atoms with Gasteiger partial charge in [0.05, 0.1) is 6.54 Å². The number of amides is 2. The van der Waals surface area contributed by atoms with Crippen molar-refractivity contribution in [2.45, 2.75) is 38.3 Å². The maximum Gasteiger partial charge on any atom is 0.240 e. The number of carbonyl (C=O) groups is 2. The molecule has 0 saturated carbocycles. The van der Waals surface area contributed by atoms with Gasteiger partial charge >= 0.3 is 0 Å². The van der Waals surface area contributed by atoms with Gasteiger partial charge in [-0.3, -0.25) is 14.5 Å². The van der Waals surface area contributed by atoms with Crippen molar-refractivity contribution < 1.29 is 9.59 Å². The predicted octanol–water partition coefficient (Wildman–Crippen LogP) is 0.966. The van der Waals surface area contributed by atoms with E-state index in [1.807, 2.05) is 25.1 Å². The lowest BCUT2D eigenvalue weighted by atomic mass is 9.94. The van der Waals surface area contributed by atoms with Crippen molar-refractivity contribution in [3.63, 3.8) is 0 Å². The van der Waals surface area contributed by atoms with E-state index in [1.165, 1.54) is 5.56 Å². The highest BCUT2D eigenvalue weighted by Crippen LogP contribution is 2.34. The van der Waals surface area contributed by atoms with Crippen molar-refractivity contribution in [3.8, 4) is 0 Å². The number of aryl methyl sites for hydroxylation is 1. The minimum atomic E-state index is -0.430. The summed E-state index contributed by atoms with van der Waals surface area (Å²) in [6.45, 7) is 4.43. The van der Waals surface area contributed by atoms with Gasteiger partial charge in [-0.15, -0.1) is 0 Å². The molecule has 5 heteroatoms. The van der Waals surface area contributed by atoms with E-state index in [9.17, 15) is 9.59 Å². The fraction of sp³-hybridized carbons (Fsp3) is 0.529. The summed E-state index contributed by atoms with van der Waals surface area (Å²) < 4.78 is 0. The molecule has 1 aromatic rings. The van der Waals surface area contributed by atoms with Crippen molar-refractivity contribution in [2.75, 3.05) is 19.6 Å². The molecule has 0 bridgehead atoms. The third kappa shape index (κ3) is 2.86. The highest BCUT2D eigenvalue weighted by molar-refractivity contribution is 5.89. The van der Waals surface area contributed by atoms with Crippen molar-refractivity contribution in [1.82, 2.24) is 15.5 Å². The second-order valence-electron chi connectivity index (χ2n) is 6.33. The van der Waals surface area contributed by atoms with Crippen LogP contribution in [0.15, 0.2) is 24.3 Å². The SMILES string of the molecule is Cc1cccc(CNC(=O)CN2CCC[C@@]23CCNC3=O)c1. The number of hydrogen-bond donors (Lipinski definition) is 2. The quantitative estimate of drug-likeness (QED) is 0.871. The zero-order chi connectivity index (χ0) is 15.6. The molecule has 1 aromatic carbocycles. The zero-order valence-electron chi connectivity index (χ0n) is 13.0. The summed E-state index contributed by atoms with van der Waals surface area (Å²) in [5.74, 6) is 0.0824. The third-order valence-electron chi connectivity index (χ3n) is 4.78. The van der Waals surface area contributed by atoms with Gasteiger partial charge in [0, 0.05) is 13.1 Å². The molecular weight excluding hydrogens is 278 g/mol. The molecular formula is C17H23N3O2. The summed E-state index contributed by atoms with van der Waals surface area (Å²) in [6.07, 6.45) is 2.67. The van der Waals surface area contributed by atoms with E-state index in [0.717, 1.165) is 37.9 Å². The minimum Gasteiger partial charge on any atom is -0.354 e. The second-order valence-corrected chi connectivity index (χ2v) is 6.33. The molecule has 118 valence electrons. The summed E-state index contributed by atoms with van der Waals surface area (Å²) in [6, 6.07) is 8.12. The molecule has 0 unspecified atom stereocenters. The monoisotopic (exact) mass is 301 g/mol. The number of rotatable bonds is 4. The topological polar surface area (TPSA) is 61.4 Å². The molecule has 2 aliphatic rings. The van der Waals surface area contributed by atoms with Gasteiger partial charge in [-0.2, -0.15) is 0 Å². The van der Waals surface area contributed by atoms with Crippen LogP contribution in [0.3, 0.4) is 0 Å². The van der Waals surface area contributed by atoms with Crippen molar-refractivity contribution in [3.05, 3.63) is 35.4 Å². The van der Waals surface area contributed by atoms with Crippen LogP contribution in [0.1, 0.15) is 30.4 Å². The molecule has 1 spiro atoms. The lowest BCUT2D eigenvalue weighted by Crippen LogP contribution is -2.52. The summed E-state index contributed by atoms with van der Waals surface area (Å²) in [4.78, 5) is 26.4. The molecule has 1 atom stereocenters. The first-order valence-corrected chi connectivity index (χ1v) is 7.96. The Morgan fingerprint density at radius 1 is 1.41 bits per heavy atom. The molecule has 0 aliphatic carbocycles. The Kier molecular flexibility index (Phi) is 4.16. The normalized spacial score (nSPS) is 24.7. The molecule has 2 heterocycles. The van der Waals surface area contributed by atoms with Crippen LogP contribution in [-0.2, 0) is 16.1 Å². The van der Waals surface area contributed by atoms with E-state index < -0.39 is 5.54 Å². The van der Waals surface area contributed by atoms with Gasteiger partial charge in [-0.05, 0) is 38.3 Å². The van der Waals surface area contributed by atoms with E-state index in [4.69, 9.17) is 0 Å². The van der Waals surface area contributed by atoms with E-state index >= 15 is 0 Å². The van der Waals surface area contributed by atoms with Gasteiger partial charge in [-0.25, -0.2) is 0 Å². The number of likely N-dealkylation sites (tertiary alicyclic amines) is 1. The average molecular weight is 301 g/mol. The number of nitrogens with one attached hydrogen (secondary N) is 2. The van der Waals surface area contributed by atoms with Crippen LogP contribution in [0.25, 0.3) is 0 Å². The Morgan fingerprint density at radius 2 is 2.27 bits per heavy atom. The molecule has 2 aliphatic heterocycles. The molecule has 2 amide bonds. The van der Waals surface area contributed by atoms with Crippen LogP contribution in [-0.4, -0.2) is 41.9 Å².